The summed E-state index contributed by atoms with van der Waals surface area (Å²) in [5, 5.41) is 3.70. The summed E-state index contributed by atoms with van der Waals surface area (Å²) in [5.74, 6) is 1.67. The van der Waals surface area contributed by atoms with Crippen molar-refractivity contribution in [1.82, 2.24) is 10.2 Å². The molecule has 0 amide bonds. The second-order valence-corrected chi connectivity index (χ2v) is 6.45. The Hall–Kier alpha value is -1.06. The zero-order valence-corrected chi connectivity index (χ0v) is 12.1. The minimum Gasteiger partial charge on any atom is -0.493 e. The molecule has 108 valence electrons. The monoisotopic (exact) mass is 272 g/mol. The van der Waals surface area contributed by atoms with E-state index in [0.717, 1.165) is 24.4 Å². The predicted octanol–water partition coefficient (Wildman–Crippen LogP) is 2.38. The third kappa shape index (κ3) is 2.23. The number of nitrogens with zero attached hydrogens (tertiary/aromatic N) is 1. The van der Waals surface area contributed by atoms with Crippen molar-refractivity contribution in [2.24, 2.45) is 0 Å². The van der Waals surface area contributed by atoms with Crippen LogP contribution in [0.1, 0.15) is 37.2 Å². The van der Waals surface area contributed by atoms with Gasteiger partial charge in [-0.15, -0.1) is 0 Å². The SMILES string of the molecule is c1ccc2c(c1)OCC2CN1CCCC1C1CCCN1. The largest absolute Gasteiger partial charge is 0.493 e. The van der Waals surface area contributed by atoms with Crippen molar-refractivity contribution >= 4 is 0 Å². The van der Waals surface area contributed by atoms with Crippen molar-refractivity contribution in [3.05, 3.63) is 29.8 Å². The Kier molecular flexibility index (Phi) is 3.41. The minimum absolute atomic E-state index is 0.563. The molecule has 1 N–H and O–H groups in total. The molecule has 3 heteroatoms. The Morgan fingerprint density at radius 2 is 2.15 bits per heavy atom. The lowest BCUT2D eigenvalue weighted by molar-refractivity contribution is 0.190. The first-order valence-corrected chi connectivity index (χ1v) is 8.11. The average molecular weight is 272 g/mol. The summed E-state index contributed by atoms with van der Waals surface area (Å²) >= 11 is 0. The van der Waals surface area contributed by atoms with Gasteiger partial charge < -0.3 is 10.1 Å². The number of para-hydroxylation sites is 1. The fraction of sp³-hybridized carbons (Fsp3) is 0.647. The number of nitrogens with one attached hydrogen (secondary N) is 1. The number of rotatable bonds is 3. The van der Waals surface area contributed by atoms with Crippen molar-refractivity contribution in [2.45, 2.75) is 43.7 Å². The maximum Gasteiger partial charge on any atom is 0.122 e. The Labute approximate surface area is 121 Å². The molecule has 0 radical (unpaired) electrons. The molecule has 20 heavy (non-hydrogen) atoms. The van der Waals surface area contributed by atoms with E-state index in [-0.39, 0.29) is 0 Å². The van der Waals surface area contributed by atoms with Crippen molar-refractivity contribution in [1.29, 1.82) is 0 Å². The van der Waals surface area contributed by atoms with E-state index < -0.39 is 0 Å². The second-order valence-electron chi connectivity index (χ2n) is 6.45. The van der Waals surface area contributed by atoms with Crippen LogP contribution in [0.25, 0.3) is 0 Å². The summed E-state index contributed by atoms with van der Waals surface area (Å²) in [6.45, 7) is 4.51. The van der Waals surface area contributed by atoms with E-state index >= 15 is 0 Å². The highest BCUT2D eigenvalue weighted by Gasteiger charge is 2.35. The van der Waals surface area contributed by atoms with E-state index in [2.05, 4.69) is 34.5 Å². The van der Waals surface area contributed by atoms with Gasteiger partial charge in [0.15, 0.2) is 0 Å². The fourth-order valence-corrected chi connectivity index (χ4v) is 4.24. The number of hydrogen-bond donors (Lipinski definition) is 1. The highest BCUT2D eigenvalue weighted by molar-refractivity contribution is 5.39. The number of hydrogen-bond acceptors (Lipinski definition) is 3. The number of benzene rings is 1. The van der Waals surface area contributed by atoms with Crippen LogP contribution in [0.2, 0.25) is 0 Å². The highest BCUT2D eigenvalue weighted by atomic mass is 16.5. The number of fused-ring (bicyclic) bond motifs is 1. The zero-order valence-electron chi connectivity index (χ0n) is 12.1. The van der Waals surface area contributed by atoms with Crippen LogP contribution in [0, 0.1) is 0 Å². The molecule has 2 fully saturated rings. The van der Waals surface area contributed by atoms with Gasteiger partial charge >= 0.3 is 0 Å². The molecule has 3 aliphatic rings. The Morgan fingerprint density at radius 1 is 1.20 bits per heavy atom. The maximum absolute atomic E-state index is 5.84. The second kappa shape index (κ2) is 5.38. The van der Waals surface area contributed by atoms with Gasteiger partial charge in [-0.2, -0.15) is 0 Å². The lowest BCUT2D eigenvalue weighted by atomic mass is 9.99. The Morgan fingerprint density at radius 3 is 3.05 bits per heavy atom. The number of ether oxygens (including phenoxy) is 1. The van der Waals surface area contributed by atoms with Gasteiger partial charge in [0, 0.05) is 30.1 Å². The standard InChI is InChI=1S/C17H24N2O/c1-2-8-17-14(5-1)13(12-20-17)11-19-10-4-7-16(19)15-6-3-9-18-15/h1-2,5,8,13,15-16,18H,3-4,6-7,9-12H2. The van der Waals surface area contributed by atoms with Gasteiger partial charge in [-0.3, -0.25) is 4.90 Å². The average Bonchev–Trinajstić information content (AvgIpc) is 3.19. The molecule has 2 saturated heterocycles. The van der Waals surface area contributed by atoms with Gasteiger partial charge in [0.2, 0.25) is 0 Å². The normalized spacial score (nSPS) is 33.3. The molecule has 3 unspecified atom stereocenters. The van der Waals surface area contributed by atoms with E-state index in [0.29, 0.717) is 5.92 Å². The molecule has 0 aromatic heterocycles. The Bertz CT molecular complexity index is 470. The first kappa shape index (κ1) is 12.7. The van der Waals surface area contributed by atoms with Crippen LogP contribution in [-0.2, 0) is 0 Å². The lowest BCUT2D eigenvalue weighted by Crippen LogP contribution is -2.45. The van der Waals surface area contributed by atoms with E-state index in [9.17, 15) is 0 Å². The van der Waals surface area contributed by atoms with Crippen molar-refractivity contribution in [3.8, 4) is 5.75 Å². The lowest BCUT2D eigenvalue weighted by Gasteiger charge is -2.31. The zero-order chi connectivity index (χ0) is 13.4. The van der Waals surface area contributed by atoms with Gasteiger partial charge in [0.05, 0.1) is 6.61 Å². The maximum atomic E-state index is 5.84. The van der Waals surface area contributed by atoms with Crippen LogP contribution in [0.15, 0.2) is 24.3 Å². The summed E-state index contributed by atoms with van der Waals surface area (Å²) in [7, 11) is 0. The molecule has 0 saturated carbocycles. The topological polar surface area (TPSA) is 24.5 Å². The molecular formula is C17H24N2O. The molecule has 1 aromatic carbocycles. The van der Waals surface area contributed by atoms with Gasteiger partial charge in [0.1, 0.15) is 5.75 Å². The molecule has 3 heterocycles. The molecule has 4 rings (SSSR count). The summed E-state index contributed by atoms with van der Waals surface area (Å²) in [4.78, 5) is 2.72. The van der Waals surface area contributed by atoms with Crippen LogP contribution in [0.5, 0.6) is 5.75 Å². The van der Waals surface area contributed by atoms with E-state index in [1.807, 2.05) is 0 Å². The molecule has 3 nitrogen and oxygen atoms in total. The van der Waals surface area contributed by atoms with Crippen LogP contribution < -0.4 is 10.1 Å². The third-order valence-electron chi connectivity index (χ3n) is 5.23. The molecule has 3 atom stereocenters. The van der Waals surface area contributed by atoms with Crippen molar-refractivity contribution in [2.75, 3.05) is 26.2 Å². The molecule has 0 spiro atoms. The molecule has 1 aromatic rings. The van der Waals surface area contributed by atoms with Crippen LogP contribution in [-0.4, -0.2) is 43.2 Å². The summed E-state index contributed by atoms with van der Waals surface area (Å²) in [6, 6.07) is 10.0. The first-order valence-electron chi connectivity index (χ1n) is 8.11. The van der Waals surface area contributed by atoms with Crippen molar-refractivity contribution < 1.29 is 4.74 Å². The van der Waals surface area contributed by atoms with Gasteiger partial charge in [-0.05, 0) is 44.8 Å². The van der Waals surface area contributed by atoms with Gasteiger partial charge in [-0.1, -0.05) is 18.2 Å². The van der Waals surface area contributed by atoms with Crippen LogP contribution in [0.4, 0.5) is 0 Å². The summed E-state index contributed by atoms with van der Waals surface area (Å²) in [5.41, 5.74) is 1.41. The fourth-order valence-electron chi connectivity index (χ4n) is 4.24. The van der Waals surface area contributed by atoms with Crippen LogP contribution >= 0.6 is 0 Å². The number of likely N-dealkylation sites (tertiary alicyclic amines) is 1. The highest BCUT2D eigenvalue weighted by Crippen LogP contribution is 2.36. The van der Waals surface area contributed by atoms with E-state index in [1.54, 1.807) is 0 Å². The predicted molar refractivity (Wildman–Crippen MR) is 80.3 cm³/mol. The quantitative estimate of drug-likeness (QED) is 0.914. The molecular weight excluding hydrogens is 248 g/mol. The summed E-state index contributed by atoms with van der Waals surface area (Å²) < 4.78 is 5.84. The van der Waals surface area contributed by atoms with E-state index in [4.69, 9.17) is 4.74 Å². The Balaban J connectivity index is 1.46. The molecule has 0 aliphatic carbocycles. The molecule has 3 aliphatic heterocycles. The first-order chi connectivity index (χ1) is 9.92. The smallest absolute Gasteiger partial charge is 0.122 e. The van der Waals surface area contributed by atoms with Gasteiger partial charge in [0.25, 0.3) is 0 Å². The summed E-state index contributed by atoms with van der Waals surface area (Å²) in [6.07, 6.45) is 5.44. The third-order valence-corrected chi connectivity index (χ3v) is 5.23. The van der Waals surface area contributed by atoms with Crippen LogP contribution in [0.3, 0.4) is 0 Å². The van der Waals surface area contributed by atoms with Gasteiger partial charge in [-0.25, -0.2) is 0 Å². The minimum atomic E-state index is 0.563. The van der Waals surface area contributed by atoms with E-state index in [1.165, 1.54) is 50.9 Å². The molecule has 0 bridgehead atoms. The van der Waals surface area contributed by atoms with Crippen molar-refractivity contribution in [3.63, 3.8) is 0 Å².